The molecule has 0 aliphatic carbocycles. The number of nitrogens with one attached hydrogen (secondary N) is 1. The fraction of sp³-hybridized carbons (Fsp3) is 0.292. The van der Waals surface area contributed by atoms with Crippen LogP contribution in [0.1, 0.15) is 51.5 Å². The highest BCUT2D eigenvalue weighted by Gasteiger charge is 2.30. The van der Waals surface area contributed by atoms with Crippen LogP contribution in [-0.4, -0.2) is 44.2 Å². The Morgan fingerprint density at radius 2 is 1.91 bits per heavy atom. The van der Waals surface area contributed by atoms with E-state index < -0.39 is 23.0 Å². The Balaban J connectivity index is 1.65. The third-order valence-corrected chi connectivity index (χ3v) is 6.63. The standard InChI is InChI=1S/C24H25N5O5S/c1-6-33-23(32)17-13(4)34-22(18(17)20(25)30)26-21(31)14(5)35-24-28-27-16-10-12(3)15-9-7-8-11(2)19(15)29(16)24/h7-10,14H,6H2,1-5H3,(H2,25,30)(H,26,31). The van der Waals surface area contributed by atoms with E-state index in [4.69, 9.17) is 14.9 Å². The van der Waals surface area contributed by atoms with Gasteiger partial charge in [-0.1, -0.05) is 30.0 Å². The lowest BCUT2D eigenvalue weighted by Crippen LogP contribution is -2.25. The van der Waals surface area contributed by atoms with Crippen LogP contribution in [0.5, 0.6) is 0 Å². The molecule has 1 aromatic carbocycles. The van der Waals surface area contributed by atoms with Crippen LogP contribution < -0.4 is 11.1 Å². The van der Waals surface area contributed by atoms with E-state index in [-0.39, 0.29) is 29.4 Å². The van der Waals surface area contributed by atoms with Crippen molar-refractivity contribution < 1.29 is 23.5 Å². The number of aromatic nitrogens is 3. The van der Waals surface area contributed by atoms with Crippen LogP contribution in [-0.2, 0) is 9.53 Å². The van der Waals surface area contributed by atoms with Gasteiger partial charge in [0.05, 0.1) is 17.4 Å². The lowest BCUT2D eigenvalue weighted by Gasteiger charge is -2.13. The highest BCUT2D eigenvalue weighted by molar-refractivity contribution is 8.00. The topological polar surface area (TPSA) is 142 Å². The van der Waals surface area contributed by atoms with Gasteiger partial charge in [0, 0.05) is 5.39 Å². The first-order valence-electron chi connectivity index (χ1n) is 11.0. The SMILES string of the molecule is CCOC(=O)c1c(C)oc(NC(=O)C(C)Sc2nnc3cc(C)c4cccc(C)c4n23)c1C(N)=O. The Hall–Kier alpha value is -3.86. The van der Waals surface area contributed by atoms with Crippen molar-refractivity contribution in [3.05, 3.63) is 52.3 Å². The van der Waals surface area contributed by atoms with Gasteiger partial charge in [-0.3, -0.25) is 19.3 Å². The normalized spacial score (nSPS) is 12.1. The molecule has 0 saturated heterocycles. The zero-order valence-electron chi connectivity index (χ0n) is 20.0. The van der Waals surface area contributed by atoms with E-state index in [1.807, 2.05) is 42.5 Å². The molecule has 4 aromatic rings. The number of fused-ring (bicyclic) bond motifs is 3. The van der Waals surface area contributed by atoms with E-state index in [0.29, 0.717) is 10.8 Å². The number of anilines is 1. The van der Waals surface area contributed by atoms with Crippen molar-refractivity contribution in [1.29, 1.82) is 0 Å². The first-order chi connectivity index (χ1) is 16.6. The Morgan fingerprint density at radius 3 is 2.60 bits per heavy atom. The number of esters is 1. The molecule has 1 atom stereocenters. The van der Waals surface area contributed by atoms with E-state index in [9.17, 15) is 14.4 Å². The predicted octanol–water partition coefficient (Wildman–Crippen LogP) is 3.80. The lowest BCUT2D eigenvalue weighted by atomic mass is 10.1. The van der Waals surface area contributed by atoms with Gasteiger partial charge in [0.2, 0.25) is 11.8 Å². The number of primary amides is 1. The van der Waals surface area contributed by atoms with Gasteiger partial charge in [0.15, 0.2) is 10.8 Å². The molecule has 35 heavy (non-hydrogen) atoms. The summed E-state index contributed by atoms with van der Waals surface area (Å²) in [5.41, 5.74) is 8.94. The Labute approximate surface area is 205 Å². The molecule has 1 unspecified atom stereocenters. The molecular weight excluding hydrogens is 470 g/mol. The molecule has 3 heterocycles. The third kappa shape index (κ3) is 4.34. The van der Waals surface area contributed by atoms with Gasteiger partial charge in [-0.15, -0.1) is 10.2 Å². The fourth-order valence-electron chi connectivity index (χ4n) is 3.95. The van der Waals surface area contributed by atoms with E-state index in [2.05, 4.69) is 15.5 Å². The number of amides is 2. The monoisotopic (exact) mass is 495 g/mol. The minimum Gasteiger partial charge on any atom is -0.462 e. The molecule has 0 aliphatic rings. The summed E-state index contributed by atoms with van der Waals surface area (Å²) in [5.74, 6) is -2.21. The molecule has 0 bridgehead atoms. The number of hydrogen-bond acceptors (Lipinski definition) is 8. The Kier molecular flexibility index (Phi) is 6.53. The Morgan fingerprint density at radius 1 is 1.17 bits per heavy atom. The lowest BCUT2D eigenvalue weighted by molar-refractivity contribution is -0.115. The summed E-state index contributed by atoms with van der Waals surface area (Å²) < 4.78 is 12.4. The number of thioether (sulfide) groups is 1. The van der Waals surface area contributed by atoms with Crippen LogP contribution in [0.25, 0.3) is 16.6 Å². The zero-order valence-corrected chi connectivity index (χ0v) is 20.8. The summed E-state index contributed by atoms with van der Waals surface area (Å²) in [7, 11) is 0. The van der Waals surface area contributed by atoms with Crippen molar-refractivity contribution in [2.45, 2.75) is 45.0 Å². The smallest absolute Gasteiger partial charge is 0.342 e. The second kappa shape index (κ2) is 9.41. The number of ether oxygens (including phenoxy) is 1. The van der Waals surface area contributed by atoms with Crippen molar-refractivity contribution >= 4 is 52.0 Å². The number of hydrogen-bond donors (Lipinski definition) is 2. The van der Waals surface area contributed by atoms with E-state index >= 15 is 0 Å². The van der Waals surface area contributed by atoms with E-state index in [1.54, 1.807) is 13.8 Å². The third-order valence-electron chi connectivity index (χ3n) is 5.59. The molecule has 4 rings (SSSR count). The van der Waals surface area contributed by atoms with Crippen molar-refractivity contribution in [2.24, 2.45) is 5.73 Å². The van der Waals surface area contributed by atoms with Gasteiger partial charge in [-0.25, -0.2) is 4.79 Å². The highest BCUT2D eigenvalue weighted by Crippen LogP contribution is 2.31. The minimum atomic E-state index is -0.915. The summed E-state index contributed by atoms with van der Waals surface area (Å²) in [5, 5.41) is 12.1. The van der Waals surface area contributed by atoms with Gasteiger partial charge < -0.3 is 14.9 Å². The van der Waals surface area contributed by atoms with Crippen LogP contribution in [0.3, 0.4) is 0 Å². The first kappa shape index (κ1) is 24.3. The number of carbonyl (C=O) groups excluding carboxylic acids is 3. The van der Waals surface area contributed by atoms with Crippen LogP contribution in [0.2, 0.25) is 0 Å². The van der Waals surface area contributed by atoms with E-state index in [1.165, 1.54) is 18.7 Å². The van der Waals surface area contributed by atoms with Gasteiger partial charge in [-0.05, 0) is 51.8 Å². The number of benzene rings is 1. The number of para-hydroxylation sites is 1. The quantitative estimate of drug-likeness (QED) is 0.291. The predicted molar refractivity (Wildman–Crippen MR) is 132 cm³/mol. The van der Waals surface area contributed by atoms with Crippen molar-refractivity contribution in [3.63, 3.8) is 0 Å². The molecule has 3 aromatic heterocycles. The van der Waals surface area contributed by atoms with Crippen LogP contribution in [0, 0.1) is 20.8 Å². The molecule has 2 amide bonds. The van der Waals surface area contributed by atoms with Crippen LogP contribution >= 0.6 is 11.8 Å². The van der Waals surface area contributed by atoms with Crippen molar-refractivity contribution in [2.75, 3.05) is 11.9 Å². The average Bonchev–Trinajstić information content (AvgIpc) is 3.34. The second-order valence-corrected chi connectivity index (χ2v) is 9.35. The number of nitrogens with zero attached hydrogens (tertiary/aromatic N) is 3. The molecule has 10 nitrogen and oxygen atoms in total. The number of nitrogens with two attached hydrogens (primary N) is 1. The molecule has 11 heteroatoms. The maximum atomic E-state index is 13.0. The van der Waals surface area contributed by atoms with Gasteiger partial charge in [-0.2, -0.15) is 0 Å². The molecule has 3 N–H and O–H groups in total. The van der Waals surface area contributed by atoms with Crippen molar-refractivity contribution in [3.8, 4) is 0 Å². The molecular formula is C24H25N5O5S. The van der Waals surface area contributed by atoms with Crippen LogP contribution in [0.4, 0.5) is 5.88 Å². The Bertz CT molecular complexity index is 1490. The van der Waals surface area contributed by atoms with E-state index in [0.717, 1.165) is 22.0 Å². The van der Waals surface area contributed by atoms with Crippen LogP contribution in [0.15, 0.2) is 33.8 Å². The maximum Gasteiger partial charge on any atom is 0.342 e. The number of furan rings is 1. The number of pyridine rings is 1. The molecule has 0 aliphatic heterocycles. The molecule has 0 saturated carbocycles. The summed E-state index contributed by atoms with van der Waals surface area (Å²) in [6.45, 7) is 8.96. The molecule has 0 fully saturated rings. The first-order valence-corrected chi connectivity index (χ1v) is 11.8. The second-order valence-electron chi connectivity index (χ2n) is 8.05. The fourth-order valence-corrected chi connectivity index (χ4v) is 4.81. The molecule has 0 spiro atoms. The molecule has 182 valence electrons. The highest BCUT2D eigenvalue weighted by atomic mass is 32.2. The maximum absolute atomic E-state index is 13.0. The minimum absolute atomic E-state index is 0.101. The van der Waals surface area contributed by atoms with Crippen molar-refractivity contribution in [1.82, 2.24) is 14.6 Å². The average molecular weight is 496 g/mol. The number of aryl methyl sites for hydroxylation is 3. The number of rotatable bonds is 7. The summed E-state index contributed by atoms with van der Waals surface area (Å²) >= 11 is 1.20. The largest absolute Gasteiger partial charge is 0.462 e. The zero-order chi connectivity index (χ0) is 25.4. The van der Waals surface area contributed by atoms with Gasteiger partial charge in [0.1, 0.15) is 16.9 Å². The van der Waals surface area contributed by atoms with Gasteiger partial charge in [0.25, 0.3) is 5.91 Å². The number of carbonyl (C=O) groups is 3. The van der Waals surface area contributed by atoms with Gasteiger partial charge >= 0.3 is 5.97 Å². The summed E-state index contributed by atoms with van der Waals surface area (Å²) in [6.07, 6.45) is 0. The summed E-state index contributed by atoms with van der Waals surface area (Å²) in [6, 6.07) is 7.99. The molecule has 0 radical (unpaired) electrons. The summed E-state index contributed by atoms with van der Waals surface area (Å²) in [4.78, 5) is 37.4.